The van der Waals surface area contributed by atoms with E-state index >= 15 is 0 Å². The van der Waals surface area contributed by atoms with E-state index in [1.165, 1.54) is 12.8 Å². The lowest BCUT2D eigenvalue weighted by atomic mass is 10.1. The quantitative estimate of drug-likeness (QED) is 0.814. The van der Waals surface area contributed by atoms with Crippen LogP contribution in [0, 0.1) is 6.92 Å². The monoisotopic (exact) mass is 301 g/mol. The number of nitrogens with zero attached hydrogens (tertiary/aromatic N) is 1. The zero-order valence-electron chi connectivity index (χ0n) is 13.3. The molecule has 0 radical (unpaired) electrons. The summed E-state index contributed by atoms with van der Waals surface area (Å²) in [4.78, 5) is 14.0. The minimum Gasteiger partial charge on any atom is -0.423 e. The number of fused-ring (bicyclic) bond motifs is 1. The topological polar surface area (TPSA) is 42.7 Å². The first kappa shape index (κ1) is 15.3. The zero-order valence-corrected chi connectivity index (χ0v) is 13.3. The molecule has 0 N–H and O–H groups in total. The van der Waals surface area contributed by atoms with Gasteiger partial charge in [0, 0.05) is 31.1 Å². The highest BCUT2D eigenvalue weighted by Gasteiger charge is 2.17. The Bertz CT molecular complexity index is 701. The first-order valence-electron chi connectivity index (χ1n) is 7.95. The largest absolute Gasteiger partial charge is 0.423 e. The number of aryl methyl sites for hydroxylation is 1. The van der Waals surface area contributed by atoms with Crippen molar-refractivity contribution in [2.75, 3.05) is 20.2 Å². The van der Waals surface area contributed by atoms with E-state index in [4.69, 9.17) is 9.15 Å². The molecule has 0 amide bonds. The number of rotatable bonds is 4. The van der Waals surface area contributed by atoms with Gasteiger partial charge in [-0.15, -0.1) is 0 Å². The van der Waals surface area contributed by atoms with Gasteiger partial charge in [0.05, 0.1) is 6.10 Å². The van der Waals surface area contributed by atoms with Crippen LogP contribution in [0.3, 0.4) is 0 Å². The molecule has 1 unspecified atom stereocenters. The summed E-state index contributed by atoms with van der Waals surface area (Å²) in [6.45, 7) is 4.49. The molecule has 1 atom stereocenters. The molecular weight excluding hydrogens is 278 g/mol. The van der Waals surface area contributed by atoms with E-state index in [9.17, 15) is 4.79 Å². The van der Waals surface area contributed by atoms with Gasteiger partial charge in [-0.3, -0.25) is 4.90 Å². The molecular formula is C18H23NO3. The van der Waals surface area contributed by atoms with Gasteiger partial charge >= 0.3 is 5.63 Å². The van der Waals surface area contributed by atoms with Crippen molar-refractivity contribution in [2.45, 2.75) is 38.8 Å². The SMILES string of the molecule is Cc1ccc2c(CN(C)CC3CCCCO3)cc(=O)oc2c1. The molecule has 1 aliphatic heterocycles. The number of hydrogen-bond donors (Lipinski definition) is 0. The van der Waals surface area contributed by atoms with Crippen LogP contribution in [0.2, 0.25) is 0 Å². The third-order valence-electron chi connectivity index (χ3n) is 4.22. The average molecular weight is 301 g/mol. The van der Waals surface area contributed by atoms with Crippen LogP contribution in [0.4, 0.5) is 0 Å². The maximum absolute atomic E-state index is 11.8. The van der Waals surface area contributed by atoms with Gasteiger partial charge in [0.25, 0.3) is 0 Å². The molecule has 4 nitrogen and oxygen atoms in total. The molecule has 2 heterocycles. The highest BCUT2D eigenvalue weighted by molar-refractivity contribution is 5.80. The second kappa shape index (κ2) is 6.63. The van der Waals surface area contributed by atoms with E-state index in [1.807, 2.05) is 19.1 Å². The third-order valence-corrected chi connectivity index (χ3v) is 4.22. The Morgan fingerprint density at radius 2 is 2.14 bits per heavy atom. The van der Waals surface area contributed by atoms with E-state index in [0.29, 0.717) is 11.7 Å². The van der Waals surface area contributed by atoms with Crippen molar-refractivity contribution in [1.29, 1.82) is 0 Å². The first-order valence-corrected chi connectivity index (χ1v) is 7.95. The Morgan fingerprint density at radius 1 is 1.27 bits per heavy atom. The summed E-state index contributed by atoms with van der Waals surface area (Å²) in [5.74, 6) is 0. The molecule has 1 aliphatic rings. The van der Waals surface area contributed by atoms with E-state index in [2.05, 4.69) is 18.0 Å². The van der Waals surface area contributed by atoms with E-state index in [1.54, 1.807) is 6.07 Å². The Hall–Kier alpha value is -1.65. The number of ether oxygens (including phenoxy) is 1. The Kier molecular flexibility index (Phi) is 4.60. The van der Waals surface area contributed by atoms with E-state index in [-0.39, 0.29) is 5.63 Å². The first-order chi connectivity index (χ1) is 10.6. The van der Waals surface area contributed by atoms with Crippen molar-refractivity contribution in [3.05, 3.63) is 45.8 Å². The van der Waals surface area contributed by atoms with Crippen molar-refractivity contribution >= 4 is 11.0 Å². The maximum Gasteiger partial charge on any atom is 0.336 e. The molecule has 0 aliphatic carbocycles. The summed E-state index contributed by atoms with van der Waals surface area (Å²) in [6, 6.07) is 7.62. The van der Waals surface area contributed by atoms with E-state index in [0.717, 1.165) is 42.6 Å². The molecule has 3 rings (SSSR count). The highest BCUT2D eigenvalue weighted by atomic mass is 16.5. The molecule has 0 spiro atoms. The van der Waals surface area contributed by atoms with Crippen LogP contribution in [0.25, 0.3) is 11.0 Å². The van der Waals surface area contributed by atoms with Gasteiger partial charge in [0.2, 0.25) is 0 Å². The summed E-state index contributed by atoms with van der Waals surface area (Å²) in [6.07, 6.45) is 3.85. The molecule has 118 valence electrons. The third kappa shape index (κ3) is 3.57. The van der Waals surface area contributed by atoms with Crippen LogP contribution in [0.1, 0.15) is 30.4 Å². The number of hydrogen-bond acceptors (Lipinski definition) is 4. The Morgan fingerprint density at radius 3 is 2.91 bits per heavy atom. The Labute approximate surface area is 130 Å². The van der Waals surface area contributed by atoms with Crippen molar-refractivity contribution < 1.29 is 9.15 Å². The lowest BCUT2D eigenvalue weighted by Crippen LogP contribution is -2.33. The summed E-state index contributed by atoms with van der Waals surface area (Å²) in [7, 11) is 2.08. The predicted molar refractivity (Wildman–Crippen MR) is 87.1 cm³/mol. The fourth-order valence-electron chi connectivity index (χ4n) is 3.12. The molecule has 0 saturated carbocycles. The number of likely N-dealkylation sites (N-methyl/N-ethyl adjacent to an activating group) is 1. The molecule has 1 aromatic carbocycles. The van der Waals surface area contributed by atoms with Crippen molar-refractivity contribution in [1.82, 2.24) is 4.90 Å². The maximum atomic E-state index is 11.8. The van der Waals surface area contributed by atoms with Crippen molar-refractivity contribution in [3.8, 4) is 0 Å². The lowest BCUT2D eigenvalue weighted by Gasteiger charge is -2.27. The van der Waals surface area contributed by atoms with Gasteiger partial charge in [-0.1, -0.05) is 12.1 Å². The summed E-state index contributed by atoms with van der Waals surface area (Å²) >= 11 is 0. The molecule has 1 fully saturated rings. The molecule has 1 saturated heterocycles. The van der Waals surface area contributed by atoms with Crippen LogP contribution in [0.5, 0.6) is 0 Å². The zero-order chi connectivity index (χ0) is 15.5. The summed E-state index contributed by atoms with van der Waals surface area (Å²) in [5.41, 5.74) is 2.50. The summed E-state index contributed by atoms with van der Waals surface area (Å²) in [5, 5.41) is 1.02. The predicted octanol–water partition coefficient (Wildman–Crippen LogP) is 3.10. The van der Waals surface area contributed by atoms with Gasteiger partial charge in [-0.2, -0.15) is 0 Å². The van der Waals surface area contributed by atoms with Gasteiger partial charge in [0.1, 0.15) is 5.58 Å². The number of benzene rings is 1. The fraction of sp³-hybridized carbons (Fsp3) is 0.500. The smallest absolute Gasteiger partial charge is 0.336 e. The minimum absolute atomic E-state index is 0.282. The van der Waals surface area contributed by atoms with Gasteiger partial charge in [-0.05, 0) is 50.4 Å². The van der Waals surface area contributed by atoms with Crippen LogP contribution >= 0.6 is 0 Å². The van der Waals surface area contributed by atoms with Crippen LogP contribution < -0.4 is 5.63 Å². The normalized spacial score (nSPS) is 19.0. The fourth-order valence-corrected chi connectivity index (χ4v) is 3.12. The van der Waals surface area contributed by atoms with Crippen LogP contribution in [0.15, 0.2) is 33.5 Å². The van der Waals surface area contributed by atoms with Crippen molar-refractivity contribution in [2.24, 2.45) is 0 Å². The molecule has 0 bridgehead atoms. The minimum atomic E-state index is -0.282. The summed E-state index contributed by atoms with van der Waals surface area (Å²) < 4.78 is 11.1. The standard InChI is InChI=1S/C18H23NO3/c1-13-6-7-16-14(10-18(20)22-17(16)9-13)11-19(2)12-15-5-3-4-8-21-15/h6-7,9-10,15H,3-5,8,11-12H2,1-2H3. The average Bonchev–Trinajstić information content (AvgIpc) is 2.47. The van der Waals surface area contributed by atoms with Crippen LogP contribution in [-0.4, -0.2) is 31.2 Å². The van der Waals surface area contributed by atoms with Gasteiger partial charge < -0.3 is 9.15 Å². The second-order valence-electron chi connectivity index (χ2n) is 6.28. The van der Waals surface area contributed by atoms with Crippen LogP contribution in [-0.2, 0) is 11.3 Å². The highest BCUT2D eigenvalue weighted by Crippen LogP contribution is 2.20. The second-order valence-corrected chi connectivity index (χ2v) is 6.28. The molecule has 2 aromatic rings. The Balaban J connectivity index is 1.79. The van der Waals surface area contributed by atoms with Crippen molar-refractivity contribution in [3.63, 3.8) is 0 Å². The van der Waals surface area contributed by atoms with Gasteiger partial charge in [0.15, 0.2) is 0 Å². The molecule has 1 aromatic heterocycles. The molecule has 22 heavy (non-hydrogen) atoms. The lowest BCUT2D eigenvalue weighted by molar-refractivity contribution is -0.00255. The van der Waals surface area contributed by atoms with E-state index < -0.39 is 0 Å². The van der Waals surface area contributed by atoms with Gasteiger partial charge in [-0.25, -0.2) is 4.79 Å². The molecule has 4 heteroatoms.